The van der Waals surface area contributed by atoms with Crippen LogP contribution >= 0.6 is 0 Å². The molecule has 0 rings (SSSR count). The molecule has 0 aromatic carbocycles. The van der Waals surface area contributed by atoms with Crippen molar-refractivity contribution in [2.75, 3.05) is 6.61 Å². The Morgan fingerprint density at radius 2 is 1.00 bits per heavy atom. The molecule has 3 radical (unpaired) electrons. The summed E-state index contributed by atoms with van der Waals surface area (Å²) in [5.74, 6) is 0. The quantitative estimate of drug-likeness (QED) is 0.167. The second-order valence-corrected chi connectivity index (χ2v) is 6.74. The first-order valence-electron chi connectivity index (χ1n) is 9.75. The summed E-state index contributed by atoms with van der Waals surface area (Å²) in [7, 11) is 2.98. The zero-order valence-corrected chi connectivity index (χ0v) is 16.2. The number of rotatable bonds is 18. The standard InChI is InChI=1S/C19H39O2Si/c1-3-4-5-6-7-8-9-10-11-12-13-14-15-16-17-18-20-19(2)21-22/h19H,3-18H2,1-2H3. The molecule has 0 aliphatic heterocycles. The van der Waals surface area contributed by atoms with E-state index in [1.807, 2.05) is 6.92 Å². The molecule has 0 spiro atoms. The molecule has 0 N–H and O–H groups in total. The van der Waals surface area contributed by atoms with Crippen LogP contribution in [-0.4, -0.2) is 23.4 Å². The van der Waals surface area contributed by atoms with Crippen molar-refractivity contribution in [2.45, 2.75) is 116 Å². The molecule has 0 aromatic heterocycles. The molecule has 2 nitrogen and oxygen atoms in total. The average molecular weight is 328 g/mol. The molecule has 0 aliphatic carbocycles. The fourth-order valence-corrected chi connectivity index (χ4v) is 2.82. The molecule has 0 heterocycles. The van der Waals surface area contributed by atoms with Gasteiger partial charge < -0.3 is 9.16 Å². The van der Waals surface area contributed by atoms with Crippen LogP contribution in [0.2, 0.25) is 0 Å². The first-order chi connectivity index (χ1) is 10.8. The van der Waals surface area contributed by atoms with Crippen molar-refractivity contribution in [3.8, 4) is 0 Å². The first-order valence-corrected chi connectivity index (χ1v) is 10.2. The summed E-state index contributed by atoms with van der Waals surface area (Å²) in [6.45, 7) is 5.00. The predicted molar refractivity (Wildman–Crippen MR) is 97.2 cm³/mol. The monoisotopic (exact) mass is 327 g/mol. The van der Waals surface area contributed by atoms with Crippen LogP contribution in [0.1, 0.15) is 110 Å². The van der Waals surface area contributed by atoms with Gasteiger partial charge in [0.25, 0.3) is 0 Å². The van der Waals surface area contributed by atoms with E-state index in [0.717, 1.165) is 13.0 Å². The van der Waals surface area contributed by atoms with Gasteiger partial charge in [0, 0.05) is 6.61 Å². The lowest BCUT2D eigenvalue weighted by molar-refractivity contribution is -0.0639. The molecule has 131 valence electrons. The Balaban J connectivity index is 2.97. The topological polar surface area (TPSA) is 18.5 Å². The largest absolute Gasteiger partial charge is 0.394 e. The molecule has 1 atom stereocenters. The Morgan fingerprint density at radius 3 is 1.36 bits per heavy atom. The van der Waals surface area contributed by atoms with Gasteiger partial charge in [-0.2, -0.15) is 0 Å². The molecule has 1 unspecified atom stereocenters. The molecule has 3 heteroatoms. The van der Waals surface area contributed by atoms with Crippen molar-refractivity contribution in [3.05, 3.63) is 0 Å². The van der Waals surface area contributed by atoms with Gasteiger partial charge >= 0.3 is 0 Å². The van der Waals surface area contributed by atoms with Crippen molar-refractivity contribution in [1.29, 1.82) is 0 Å². The van der Waals surface area contributed by atoms with Gasteiger partial charge in [-0.05, 0) is 13.3 Å². The SMILES string of the molecule is CCCCCCCCCCCCCCCCCOC(C)O[Si]. The highest BCUT2D eigenvalue weighted by atomic mass is 28.2. The lowest BCUT2D eigenvalue weighted by Gasteiger charge is -2.10. The van der Waals surface area contributed by atoms with Gasteiger partial charge in [-0.15, -0.1) is 0 Å². The molecule has 0 aromatic rings. The molecule has 0 amide bonds. The molecule has 0 aliphatic rings. The third-order valence-corrected chi connectivity index (χ3v) is 4.60. The third-order valence-electron chi connectivity index (χ3n) is 4.27. The molecule has 22 heavy (non-hydrogen) atoms. The summed E-state index contributed by atoms with van der Waals surface area (Å²) < 4.78 is 10.3. The molecular weight excluding hydrogens is 288 g/mol. The Bertz CT molecular complexity index is 200. The summed E-state index contributed by atoms with van der Waals surface area (Å²) in [5.41, 5.74) is 0. The van der Waals surface area contributed by atoms with Gasteiger partial charge in [0.05, 0.1) is 0 Å². The van der Waals surface area contributed by atoms with Crippen molar-refractivity contribution in [2.24, 2.45) is 0 Å². The number of hydrogen-bond acceptors (Lipinski definition) is 2. The molecule has 0 saturated heterocycles. The van der Waals surface area contributed by atoms with Crippen LogP contribution < -0.4 is 0 Å². The highest BCUT2D eigenvalue weighted by molar-refractivity contribution is 5.98. The highest BCUT2D eigenvalue weighted by Crippen LogP contribution is 2.13. The van der Waals surface area contributed by atoms with Crippen LogP contribution in [0.15, 0.2) is 0 Å². The van der Waals surface area contributed by atoms with Gasteiger partial charge in [-0.1, -0.05) is 96.8 Å². The lowest BCUT2D eigenvalue weighted by atomic mass is 10.0. The minimum absolute atomic E-state index is 0.136. The van der Waals surface area contributed by atoms with Gasteiger partial charge in [0.2, 0.25) is 10.5 Å². The smallest absolute Gasteiger partial charge is 0.249 e. The van der Waals surface area contributed by atoms with Crippen molar-refractivity contribution >= 4 is 10.5 Å². The van der Waals surface area contributed by atoms with Gasteiger partial charge in [0.1, 0.15) is 6.29 Å². The van der Waals surface area contributed by atoms with E-state index in [1.165, 1.54) is 89.9 Å². The fraction of sp³-hybridized carbons (Fsp3) is 1.00. The van der Waals surface area contributed by atoms with Crippen LogP contribution in [0.3, 0.4) is 0 Å². The Hall–Kier alpha value is 0.137. The second-order valence-electron chi connectivity index (χ2n) is 6.51. The van der Waals surface area contributed by atoms with E-state index in [9.17, 15) is 0 Å². The normalized spacial score (nSPS) is 12.7. The van der Waals surface area contributed by atoms with E-state index >= 15 is 0 Å². The maximum Gasteiger partial charge on any atom is 0.249 e. The first kappa shape index (κ1) is 22.1. The molecule has 0 saturated carbocycles. The number of unbranched alkanes of at least 4 members (excludes halogenated alkanes) is 14. The summed E-state index contributed by atoms with van der Waals surface area (Å²) in [4.78, 5) is 0. The van der Waals surface area contributed by atoms with Crippen molar-refractivity contribution < 1.29 is 9.16 Å². The summed E-state index contributed by atoms with van der Waals surface area (Å²) in [5, 5.41) is 0. The van der Waals surface area contributed by atoms with Gasteiger partial charge in [-0.25, -0.2) is 0 Å². The molecular formula is C19H39O2Si. The molecule has 0 bridgehead atoms. The third kappa shape index (κ3) is 18.2. The Kier molecular flexibility index (Phi) is 19.3. The Labute approximate surface area is 143 Å². The zero-order valence-electron chi connectivity index (χ0n) is 15.2. The van der Waals surface area contributed by atoms with Crippen molar-refractivity contribution in [1.82, 2.24) is 0 Å². The second kappa shape index (κ2) is 19.2. The average Bonchev–Trinajstić information content (AvgIpc) is 2.54. The number of ether oxygens (including phenoxy) is 1. The van der Waals surface area contributed by atoms with Crippen molar-refractivity contribution in [3.63, 3.8) is 0 Å². The maximum atomic E-state index is 5.43. The van der Waals surface area contributed by atoms with Crippen LogP contribution in [0, 0.1) is 0 Å². The Morgan fingerprint density at radius 1 is 0.636 bits per heavy atom. The summed E-state index contributed by atoms with van der Waals surface area (Å²) in [6.07, 6.45) is 20.8. The summed E-state index contributed by atoms with van der Waals surface area (Å²) in [6, 6.07) is 0. The fourth-order valence-electron chi connectivity index (χ4n) is 2.76. The highest BCUT2D eigenvalue weighted by Gasteiger charge is 1.98. The minimum atomic E-state index is -0.136. The van der Waals surface area contributed by atoms with Crippen LogP contribution in [0.5, 0.6) is 0 Å². The minimum Gasteiger partial charge on any atom is -0.394 e. The molecule has 0 fully saturated rings. The van der Waals surface area contributed by atoms with Crippen LogP contribution in [-0.2, 0) is 9.16 Å². The number of hydrogen-bond donors (Lipinski definition) is 0. The van der Waals surface area contributed by atoms with E-state index in [-0.39, 0.29) is 6.29 Å². The maximum absolute atomic E-state index is 5.43. The van der Waals surface area contributed by atoms with E-state index in [1.54, 1.807) is 0 Å². The zero-order chi connectivity index (χ0) is 16.3. The summed E-state index contributed by atoms with van der Waals surface area (Å²) >= 11 is 0. The van der Waals surface area contributed by atoms with E-state index < -0.39 is 0 Å². The lowest BCUT2D eigenvalue weighted by Crippen LogP contribution is -2.11. The van der Waals surface area contributed by atoms with Gasteiger partial charge in [-0.3, -0.25) is 0 Å². The van der Waals surface area contributed by atoms with Crippen LogP contribution in [0.25, 0.3) is 0 Å². The predicted octanol–water partition coefficient (Wildman–Crippen LogP) is 6.32. The van der Waals surface area contributed by atoms with E-state index in [2.05, 4.69) is 17.4 Å². The van der Waals surface area contributed by atoms with E-state index in [4.69, 9.17) is 9.16 Å². The van der Waals surface area contributed by atoms with Gasteiger partial charge in [0.15, 0.2) is 0 Å². The van der Waals surface area contributed by atoms with Crippen LogP contribution in [0.4, 0.5) is 0 Å². The van der Waals surface area contributed by atoms with E-state index in [0.29, 0.717) is 0 Å².